The van der Waals surface area contributed by atoms with Crippen molar-refractivity contribution in [2.75, 3.05) is 6.61 Å². The van der Waals surface area contributed by atoms with Gasteiger partial charge in [-0.3, -0.25) is 4.68 Å². The summed E-state index contributed by atoms with van der Waals surface area (Å²) in [5.74, 6) is -0.415. The van der Waals surface area contributed by atoms with Gasteiger partial charge in [0.1, 0.15) is 5.56 Å². The lowest BCUT2D eigenvalue weighted by molar-refractivity contribution is 0.0528. The first kappa shape index (κ1) is 13.3. The summed E-state index contributed by atoms with van der Waals surface area (Å²) in [6.45, 7) is 4.90. The smallest absolute Gasteiger partial charge is 0.343 e. The molecule has 3 aromatic rings. The standard InChI is InChI=1S/C14H15N5O2/c1-3-18-9-10(7-16-18)12-5-6-15-13-11(8-17-19(12)13)14(20)21-4-2/h5-9H,3-4H2,1-2H3. The molecule has 3 heterocycles. The molecule has 7 heteroatoms. The van der Waals surface area contributed by atoms with Gasteiger partial charge in [-0.25, -0.2) is 14.3 Å². The van der Waals surface area contributed by atoms with Gasteiger partial charge in [-0.1, -0.05) is 0 Å². The zero-order valence-electron chi connectivity index (χ0n) is 11.9. The van der Waals surface area contributed by atoms with Crippen molar-refractivity contribution in [2.24, 2.45) is 0 Å². The first-order valence-corrected chi connectivity index (χ1v) is 6.77. The number of fused-ring (bicyclic) bond motifs is 1. The molecule has 0 atom stereocenters. The van der Waals surface area contributed by atoms with E-state index in [0.717, 1.165) is 17.8 Å². The Morgan fingerprint density at radius 1 is 1.29 bits per heavy atom. The Balaban J connectivity index is 2.11. The molecule has 0 saturated heterocycles. The summed E-state index contributed by atoms with van der Waals surface area (Å²) in [4.78, 5) is 16.1. The van der Waals surface area contributed by atoms with E-state index in [1.807, 2.05) is 23.9 Å². The summed E-state index contributed by atoms with van der Waals surface area (Å²) >= 11 is 0. The van der Waals surface area contributed by atoms with E-state index in [1.165, 1.54) is 6.20 Å². The van der Waals surface area contributed by atoms with Gasteiger partial charge < -0.3 is 4.74 Å². The van der Waals surface area contributed by atoms with E-state index in [4.69, 9.17) is 4.74 Å². The van der Waals surface area contributed by atoms with Crippen LogP contribution < -0.4 is 0 Å². The van der Waals surface area contributed by atoms with Crippen LogP contribution in [0.25, 0.3) is 16.9 Å². The SMILES string of the molecule is CCOC(=O)c1cnn2c(-c3cnn(CC)c3)ccnc12. The van der Waals surface area contributed by atoms with Gasteiger partial charge in [-0.15, -0.1) is 0 Å². The molecule has 108 valence electrons. The zero-order chi connectivity index (χ0) is 14.8. The van der Waals surface area contributed by atoms with Gasteiger partial charge in [0.05, 0.1) is 24.7 Å². The largest absolute Gasteiger partial charge is 0.462 e. The van der Waals surface area contributed by atoms with Crippen LogP contribution in [0.3, 0.4) is 0 Å². The first-order valence-electron chi connectivity index (χ1n) is 6.77. The van der Waals surface area contributed by atoms with Crippen molar-refractivity contribution < 1.29 is 9.53 Å². The highest BCUT2D eigenvalue weighted by Gasteiger charge is 2.17. The van der Waals surface area contributed by atoms with Gasteiger partial charge >= 0.3 is 5.97 Å². The van der Waals surface area contributed by atoms with Gasteiger partial charge in [0, 0.05) is 24.5 Å². The molecule has 0 saturated carbocycles. The number of ether oxygens (including phenoxy) is 1. The first-order chi connectivity index (χ1) is 10.2. The molecule has 0 aliphatic rings. The van der Waals surface area contributed by atoms with Crippen molar-refractivity contribution in [3.63, 3.8) is 0 Å². The molecule has 7 nitrogen and oxygen atoms in total. The molecule has 0 aliphatic carbocycles. The van der Waals surface area contributed by atoms with Crippen molar-refractivity contribution in [2.45, 2.75) is 20.4 Å². The third kappa shape index (κ3) is 2.26. The monoisotopic (exact) mass is 285 g/mol. The second kappa shape index (κ2) is 5.35. The van der Waals surface area contributed by atoms with Gasteiger partial charge in [-0.05, 0) is 19.9 Å². The molecule has 21 heavy (non-hydrogen) atoms. The quantitative estimate of drug-likeness (QED) is 0.683. The van der Waals surface area contributed by atoms with Crippen molar-refractivity contribution >= 4 is 11.6 Å². The number of carbonyl (C=O) groups is 1. The molecular formula is C14H15N5O2. The molecule has 3 rings (SSSR count). The summed E-state index contributed by atoms with van der Waals surface area (Å²) in [7, 11) is 0. The second-order valence-corrected chi connectivity index (χ2v) is 4.43. The minimum absolute atomic E-state index is 0.319. The van der Waals surface area contributed by atoms with Crippen LogP contribution in [0.2, 0.25) is 0 Å². The molecule has 0 bridgehead atoms. The average molecular weight is 285 g/mol. The number of hydrogen-bond acceptors (Lipinski definition) is 5. The number of carbonyl (C=O) groups excluding carboxylic acids is 1. The second-order valence-electron chi connectivity index (χ2n) is 4.43. The Bertz CT molecular complexity index is 790. The van der Waals surface area contributed by atoms with E-state index in [9.17, 15) is 4.79 Å². The van der Waals surface area contributed by atoms with E-state index in [1.54, 1.807) is 23.8 Å². The van der Waals surface area contributed by atoms with E-state index in [0.29, 0.717) is 17.8 Å². The predicted octanol–water partition coefficient (Wildman–Crippen LogP) is 1.79. The lowest BCUT2D eigenvalue weighted by atomic mass is 10.2. The van der Waals surface area contributed by atoms with Gasteiger partial charge in [0.15, 0.2) is 5.65 Å². The molecule has 3 aromatic heterocycles. The van der Waals surface area contributed by atoms with Crippen LogP contribution in [0.1, 0.15) is 24.2 Å². The number of nitrogens with zero attached hydrogens (tertiary/aromatic N) is 5. The van der Waals surface area contributed by atoms with Crippen molar-refractivity contribution in [3.05, 3.63) is 36.4 Å². The van der Waals surface area contributed by atoms with Crippen LogP contribution in [0.4, 0.5) is 0 Å². The van der Waals surface area contributed by atoms with E-state index < -0.39 is 5.97 Å². The molecule has 0 spiro atoms. The van der Waals surface area contributed by atoms with Crippen LogP contribution in [0.15, 0.2) is 30.9 Å². The van der Waals surface area contributed by atoms with E-state index >= 15 is 0 Å². The van der Waals surface area contributed by atoms with Crippen LogP contribution in [-0.4, -0.2) is 37.0 Å². The molecule has 0 aromatic carbocycles. The Hall–Kier alpha value is -2.70. The maximum atomic E-state index is 11.9. The molecule has 0 amide bonds. The zero-order valence-corrected chi connectivity index (χ0v) is 11.9. The fourth-order valence-electron chi connectivity index (χ4n) is 2.13. The van der Waals surface area contributed by atoms with Crippen molar-refractivity contribution in [3.8, 4) is 11.3 Å². The summed E-state index contributed by atoms with van der Waals surface area (Å²) in [6, 6.07) is 1.84. The Morgan fingerprint density at radius 3 is 2.86 bits per heavy atom. The number of hydrogen-bond donors (Lipinski definition) is 0. The fraction of sp³-hybridized carbons (Fsp3) is 0.286. The summed E-state index contributed by atoms with van der Waals surface area (Å²) < 4.78 is 8.47. The summed E-state index contributed by atoms with van der Waals surface area (Å²) in [6.07, 6.45) is 6.83. The maximum Gasteiger partial charge on any atom is 0.343 e. The molecule has 0 radical (unpaired) electrons. The van der Waals surface area contributed by atoms with Crippen LogP contribution >= 0.6 is 0 Å². The van der Waals surface area contributed by atoms with Gasteiger partial charge in [0.2, 0.25) is 0 Å². The van der Waals surface area contributed by atoms with E-state index in [-0.39, 0.29) is 0 Å². The van der Waals surface area contributed by atoms with Gasteiger partial charge in [0.25, 0.3) is 0 Å². The fourth-order valence-corrected chi connectivity index (χ4v) is 2.13. The Morgan fingerprint density at radius 2 is 2.14 bits per heavy atom. The lowest BCUT2D eigenvalue weighted by Crippen LogP contribution is -2.05. The third-order valence-corrected chi connectivity index (χ3v) is 3.15. The highest BCUT2D eigenvalue weighted by atomic mass is 16.5. The average Bonchev–Trinajstić information content (AvgIpc) is 3.13. The Labute approximate surface area is 121 Å². The minimum atomic E-state index is -0.415. The molecule has 0 N–H and O–H groups in total. The van der Waals surface area contributed by atoms with Gasteiger partial charge in [-0.2, -0.15) is 10.2 Å². The van der Waals surface area contributed by atoms with Crippen molar-refractivity contribution in [1.29, 1.82) is 0 Å². The number of aryl methyl sites for hydroxylation is 1. The Kier molecular flexibility index (Phi) is 3.39. The lowest BCUT2D eigenvalue weighted by Gasteiger charge is -2.02. The van der Waals surface area contributed by atoms with Crippen LogP contribution in [0.5, 0.6) is 0 Å². The molecule has 0 unspecified atom stereocenters. The number of aromatic nitrogens is 5. The predicted molar refractivity (Wildman–Crippen MR) is 75.8 cm³/mol. The van der Waals surface area contributed by atoms with Crippen molar-refractivity contribution in [1.82, 2.24) is 24.4 Å². The summed E-state index contributed by atoms with van der Waals surface area (Å²) in [5, 5.41) is 8.50. The maximum absolute atomic E-state index is 11.9. The molecular weight excluding hydrogens is 270 g/mol. The molecule has 0 aliphatic heterocycles. The highest BCUT2D eigenvalue weighted by molar-refractivity contribution is 5.95. The minimum Gasteiger partial charge on any atom is -0.462 e. The topological polar surface area (TPSA) is 74.3 Å². The molecule has 0 fully saturated rings. The highest BCUT2D eigenvalue weighted by Crippen LogP contribution is 2.20. The van der Waals surface area contributed by atoms with Crippen LogP contribution in [0, 0.1) is 0 Å². The number of rotatable bonds is 4. The normalized spacial score (nSPS) is 11.0. The van der Waals surface area contributed by atoms with E-state index in [2.05, 4.69) is 15.2 Å². The van der Waals surface area contributed by atoms with Crippen LogP contribution in [-0.2, 0) is 11.3 Å². The number of esters is 1. The third-order valence-electron chi connectivity index (χ3n) is 3.15. The summed E-state index contributed by atoms with van der Waals surface area (Å²) in [5.41, 5.74) is 2.59.